The average Bonchev–Trinajstić information content (AvgIpc) is 2.53. The summed E-state index contributed by atoms with van der Waals surface area (Å²) in [4.78, 5) is 3.65. The second kappa shape index (κ2) is 7.37. The number of rotatable bonds is 3. The van der Waals surface area contributed by atoms with Crippen LogP contribution in [0.2, 0.25) is 0 Å². The Labute approximate surface area is 160 Å². The van der Waals surface area contributed by atoms with Crippen molar-refractivity contribution in [2.45, 2.75) is 4.90 Å². The van der Waals surface area contributed by atoms with Crippen LogP contribution in [0.25, 0.3) is 10.8 Å². The first-order valence-corrected chi connectivity index (χ1v) is 7.93. The van der Waals surface area contributed by atoms with E-state index in [4.69, 9.17) is 4.55 Å². The molecule has 2 aromatic carbocycles. The maximum atomic E-state index is 12.0. The summed E-state index contributed by atoms with van der Waals surface area (Å²) in [6.45, 7) is 0. The predicted octanol–water partition coefficient (Wildman–Crippen LogP) is -0.0255. The van der Waals surface area contributed by atoms with Gasteiger partial charge in [0.2, 0.25) is 0 Å². The van der Waals surface area contributed by atoms with Crippen molar-refractivity contribution in [3.8, 4) is 5.75 Å². The van der Waals surface area contributed by atoms with E-state index in [1.54, 1.807) is 24.3 Å². The number of hydrogen-bond acceptors (Lipinski definition) is 6. The van der Waals surface area contributed by atoms with Gasteiger partial charge in [0.25, 0.3) is 10.1 Å². The van der Waals surface area contributed by atoms with Crippen LogP contribution in [0.4, 0.5) is 11.5 Å². The molecule has 1 heterocycles. The zero-order chi connectivity index (χ0) is 16.4. The number of benzene rings is 2. The van der Waals surface area contributed by atoms with Crippen LogP contribution in [-0.4, -0.2) is 18.0 Å². The molecule has 0 radical (unpaired) electrons. The molecule has 0 fully saturated rings. The van der Waals surface area contributed by atoms with E-state index >= 15 is 0 Å². The summed E-state index contributed by atoms with van der Waals surface area (Å²) in [6, 6.07) is 11.8. The van der Waals surface area contributed by atoms with Crippen molar-refractivity contribution < 1.29 is 47.6 Å². The van der Waals surface area contributed by atoms with Gasteiger partial charge in [0.05, 0.1) is 10.6 Å². The summed E-state index contributed by atoms with van der Waals surface area (Å²) in [5.41, 5.74) is -0.0151. The standard InChI is InChI=1S/C15H11N3O4S.Na/c19-13-7-5-10-4-6-11(23(20,21)22)9-12(10)15(13)18-17-14-3-1-2-8-16-14;/h1-9,19H,(H,20,21,22);/q;+1/p-1. The van der Waals surface area contributed by atoms with Crippen LogP contribution in [0.15, 0.2) is 69.9 Å². The number of pyridine rings is 1. The van der Waals surface area contributed by atoms with Crippen LogP contribution < -0.4 is 34.7 Å². The van der Waals surface area contributed by atoms with Crippen molar-refractivity contribution in [3.63, 3.8) is 0 Å². The fourth-order valence-corrected chi connectivity index (χ4v) is 2.55. The van der Waals surface area contributed by atoms with Gasteiger partial charge in [-0.3, -0.25) is 4.55 Å². The average molecular weight is 351 g/mol. The molecule has 0 amide bonds. The SMILES string of the molecule is O=S(=O)(O)c1ccc2ccc([O-])c(N=Nc3ccccn3)c2c1.[Na+]. The molecule has 1 N–H and O–H groups in total. The monoisotopic (exact) mass is 351 g/mol. The zero-order valence-electron chi connectivity index (χ0n) is 12.6. The Bertz CT molecular complexity index is 1010. The van der Waals surface area contributed by atoms with Gasteiger partial charge in [-0.1, -0.05) is 30.0 Å². The molecule has 0 saturated carbocycles. The summed E-state index contributed by atoms with van der Waals surface area (Å²) in [6.07, 6.45) is 1.53. The number of fused-ring (bicyclic) bond motifs is 1. The minimum absolute atomic E-state index is 0. The van der Waals surface area contributed by atoms with Gasteiger partial charge >= 0.3 is 29.6 Å². The van der Waals surface area contributed by atoms with E-state index < -0.39 is 15.9 Å². The minimum atomic E-state index is -4.38. The molecule has 3 aromatic rings. The van der Waals surface area contributed by atoms with Gasteiger partial charge in [0.15, 0.2) is 5.82 Å². The maximum Gasteiger partial charge on any atom is 1.00 e. The Morgan fingerprint density at radius 1 is 1.04 bits per heavy atom. The van der Waals surface area contributed by atoms with Crippen LogP contribution in [0.3, 0.4) is 0 Å². The molecule has 0 bridgehead atoms. The minimum Gasteiger partial charge on any atom is -0.871 e. The summed E-state index contributed by atoms with van der Waals surface area (Å²) in [5.74, 6) is -0.0977. The number of azo groups is 1. The Balaban J connectivity index is 0.00000208. The van der Waals surface area contributed by atoms with Crippen molar-refractivity contribution >= 4 is 32.4 Å². The van der Waals surface area contributed by atoms with E-state index in [1.165, 1.54) is 30.5 Å². The van der Waals surface area contributed by atoms with Gasteiger partial charge in [-0.25, -0.2) is 4.98 Å². The quantitative estimate of drug-likeness (QED) is 0.404. The molecule has 3 rings (SSSR count). The van der Waals surface area contributed by atoms with E-state index in [-0.39, 0.29) is 45.5 Å². The van der Waals surface area contributed by atoms with E-state index in [9.17, 15) is 13.5 Å². The van der Waals surface area contributed by atoms with E-state index in [2.05, 4.69) is 15.2 Å². The molecule has 0 unspecified atom stereocenters. The molecule has 0 aliphatic heterocycles. The first-order chi connectivity index (χ1) is 10.9. The van der Waals surface area contributed by atoms with Crippen molar-refractivity contribution in [3.05, 3.63) is 54.7 Å². The third-order valence-electron chi connectivity index (χ3n) is 3.13. The number of aromatic nitrogens is 1. The fraction of sp³-hybridized carbons (Fsp3) is 0. The molecule has 0 atom stereocenters. The van der Waals surface area contributed by atoms with Crippen molar-refractivity contribution in [2.24, 2.45) is 10.2 Å². The van der Waals surface area contributed by atoms with Crippen LogP contribution in [0.1, 0.15) is 0 Å². The molecule has 1 aromatic heterocycles. The van der Waals surface area contributed by atoms with Crippen LogP contribution in [-0.2, 0) is 10.1 Å². The molecule has 0 aliphatic rings. The first kappa shape index (κ1) is 18.5. The first-order valence-electron chi connectivity index (χ1n) is 6.49. The predicted molar refractivity (Wildman–Crippen MR) is 81.6 cm³/mol. The van der Waals surface area contributed by atoms with Crippen molar-refractivity contribution in [1.82, 2.24) is 4.98 Å². The van der Waals surface area contributed by atoms with E-state index in [1.807, 2.05) is 0 Å². The molecule has 9 heteroatoms. The normalized spacial score (nSPS) is 11.5. The Hall–Kier alpha value is -1.84. The third-order valence-corrected chi connectivity index (χ3v) is 3.98. The molecular weight excluding hydrogens is 341 g/mol. The van der Waals surface area contributed by atoms with Crippen molar-refractivity contribution in [2.75, 3.05) is 0 Å². The smallest absolute Gasteiger partial charge is 0.871 e. The Kier molecular flexibility index (Phi) is 5.68. The van der Waals surface area contributed by atoms with Gasteiger partial charge in [-0.05, 0) is 29.7 Å². The summed E-state index contributed by atoms with van der Waals surface area (Å²) >= 11 is 0. The molecule has 24 heavy (non-hydrogen) atoms. The topological polar surface area (TPSA) is 115 Å². The van der Waals surface area contributed by atoms with Gasteiger partial charge in [-0.15, -0.1) is 10.2 Å². The van der Waals surface area contributed by atoms with Crippen LogP contribution >= 0.6 is 0 Å². The molecule has 7 nitrogen and oxygen atoms in total. The van der Waals surface area contributed by atoms with Gasteiger partial charge in [0.1, 0.15) is 0 Å². The van der Waals surface area contributed by atoms with Crippen LogP contribution in [0, 0.1) is 0 Å². The summed E-state index contributed by atoms with van der Waals surface area (Å²) in [5, 5.41) is 20.7. The molecule has 0 saturated heterocycles. The third kappa shape index (κ3) is 3.97. The zero-order valence-corrected chi connectivity index (χ0v) is 15.4. The molecule has 0 spiro atoms. The van der Waals surface area contributed by atoms with E-state index in [0.29, 0.717) is 11.2 Å². The largest absolute Gasteiger partial charge is 1.00 e. The van der Waals surface area contributed by atoms with Gasteiger partial charge in [0, 0.05) is 11.6 Å². The molecule has 0 aliphatic carbocycles. The number of nitrogens with zero attached hydrogens (tertiary/aromatic N) is 3. The van der Waals surface area contributed by atoms with Gasteiger partial charge in [-0.2, -0.15) is 8.42 Å². The second-order valence-corrected chi connectivity index (χ2v) is 6.08. The van der Waals surface area contributed by atoms with Gasteiger partial charge < -0.3 is 5.11 Å². The van der Waals surface area contributed by atoms with E-state index in [0.717, 1.165) is 0 Å². The Morgan fingerprint density at radius 3 is 2.46 bits per heavy atom. The summed E-state index contributed by atoms with van der Waals surface area (Å²) < 4.78 is 31.7. The summed E-state index contributed by atoms with van der Waals surface area (Å²) in [7, 11) is -4.38. The Morgan fingerprint density at radius 2 is 1.79 bits per heavy atom. The maximum absolute atomic E-state index is 12.0. The van der Waals surface area contributed by atoms with Crippen molar-refractivity contribution in [1.29, 1.82) is 0 Å². The second-order valence-electron chi connectivity index (χ2n) is 4.66. The number of hydrogen-bond donors (Lipinski definition) is 1. The fourth-order valence-electron chi connectivity index (χ4n) is 2.04. The van der Waals surface area contributed by atoms with Crippen LogP contribution in [0.5, 0.6) is 5.75 Å². The molecule has 116 valence electrons. The molecular formula is C15H10N3NaO4S.